The predicted molar refractivity (Wildman–Crippen MR) is 65.9 cm³/mol. The van der Waals surface area contributed by atoms with E-state index in [1.54, 1.807) is 6.21 Å². The van der Waals surface area contributed by atoms with Crippen LogP contribution in [0.15, 0.2) is 16.3 Å². The molecule has 16 heavy (non-hydrogen) atoms. The lowest BCUT2D eigenvalue weighted by Crippen LogP contribution is -2.26. The maximum atomic E-state index is 11.8. The lowest BCUT2D eigenvalue weighted by Gasteiger charge is -2.28. The maximum absolute atomic E-state index is 11.8. The van der Waals surface area contributed by atoms with E-state index < -0.39 is 0 Å². The van der Waals surface area contributed by atoms with Gasteiger partial charge in [-0.15, -0.1) is 0 Å². The van der Waals surface area contributed by atoms with E-state index in [1.165, 1.54) is 0 Å². The molecule has 0 aliphatic heterocycles. The monoisotopic (exact) mass is 223 g/mol. The minimum Gasteiger partial charge on any atom is -0.511 e. The zero-order chi connectivity index (χ0) is 12.3. The van der Waals surface area contributed by atoms with Gasteiger partial charge in [-0.3, -0.25) is 9.79 Å². The molecule has 0 bridgehead atoms. The number of aliphatic hydroxyl groups excluding tert-OH is 1. The maximum Gasteiger partial charge on any atom is 0.168 e. The van der Waals surface area contributed by atoms with Gasteiger partial charge in [0.1, 0.15) is 5.76 Å². The van der Waals surface area contributed by atoms with Crippen LogP contribution in [0, 0.1) is 5.41 Å². The third kappa shape index (κ3) is 3.19. The first-order valence-electron chi connectivity index (χ1n) is 5.84. The Hall–Kier alpha value is -1.12. The van der Waals surface area contributed by atoms with Gasteiger partial charge in [0.15, 0.2) is 5.78 Å². The molecule has 0 radical (unpaired) electrons. The van der Waals surface area contributed by atoms with Crippen molar-refractivity contribution in [1.29, 1.82) is 0 Å². The molecule has 0 unspecified atom stereocenters. The van der Waals surface area contributed by atoms with E-state index in [4.69, 9.17) is 0 Å². The summed E-state index contributed by atoms with van der Waals surface area (Å²) in [6.45, 7) is 8.01. The first-order chi connectivity index (χ1) is 7.35. The fourth-order valence-corrected chi connectivity index (χ4v) is 1.76. The molecule has 1 aliphatic carbocycles. The number of aliphatic hydroxyl groups is 1. The summed E-state index contributed by atoms with van der Waals surface area (Å²) >= 11 is 0. The molecule has 0 saturated heterocycles. The van der Waals surface area contributed by atoms with Crippen molar-refractivity contribution in [3.8, 4) is 0 Å². The molecule has 0 saturated carbocycles. The zero-order valence-corrected chi connectivity index (χ0v) is 10.6. The fraction of sp³-hybridized carbons (Fsp3) is 0.692. The Bertz CT molecular complexity index is 340. The van der Waals surface area contributed by atoms with E-state index in [0.29, 0.717) is 18.4 Å². The molecule has 0 aromatic rings. The van der Waals surface area contributed by atoms with Crippen molar-refractivity contribution < 1.29 is 9.90 Å². The summed E-state index contributed by atoms with van der Waals surface area (Å²) in [5, 5.41) is 9.83. The van der Waals surface area contributed by atoms with Gasteiger partial charge in [0, 0.05) is 25.1 Å². The summed E-state index contributed by atoms with van der Waals surface area (Å²) in [5.41, 5.74) is 0.272. The Morgan fingerprint density at radius 1 is 1.50 bits per heavy atom. The second kappa shape index (κ2) is 4.81. The topological polar surface area (TPSA) is 49.7 Å². The normalized spacial score (nSPS) is 22.9. The van der Waals surface area contributed by atoms with Crippen LogP contribution >= 0.6 is 0 Å². The SMILES string of the molecule is CC[C@H](C)N=CC1=C(O)CC(C)(C)CC1=O. The van der Waals surface area contributed by atoms with Crippen molar-refractivity contribution in [3.05, 3.63) is 11.3 Å². The number of nitrogens with zero attached hydrogens (tertiary/aromatic N) is 1. The van der Waals surface area contributed by atoms with E-state index in [9.17, 15) is 9.90 Å². The molecule has 0 aromatic carbocycles. The van der Waals surface area contributed by atoms with Gasteiger partial charge in [-0.25, -0.2) is 0 Å². The quantitative estimate of drug-likeness (QED) is 0.747. The minimum atomic E-state index is -0.130. The number of carbonyl (C=O) groups excluding carboxylic acids is 1. The summed E-state index contributed by atoms with van der Waals surface area (Å²) in [5.74, 6) is 0.189. The van der Waals surface area contributed by atoms with Gasteiger partial charge in [0.25, 0.3) is 0 Å². The smallest absolute Gasteiger partial charge is 0.168 e. The van der Waals surface area contributed by atoms with Crippen molar-refractivity contribution >= 4 is 12.0 Å². The number of rotatable bonds is 3. The Labute approximate surface area is 97.3 Å². The molecule has 1 atom stereocenters. The largest absolute Gasteiger partial charge is 0.511 e. The van der Waals surface area contributed by atoms with Crippen LogP contribution in [0.4, 0.5) is 0 Å². The third-order valence-corrected chi connectivity index (χ3v) is 2.95. The molecule has 1 N–H and O–H groups in total. The van der Waals surface area contributed by atoms with Gasteiger partial charge in [0.2, 0.25) is 0 Å². The molecule has 1 rings (SSSR count). The van der Waals surface area contributed by atoms with Crippen LogP contribution in [0.1, 0.15) is 47.0 Å². The molecule has 3 nitrogen and oxygen atoms in total. The van der Waals surface area contributed by atoms with Crippen molar-refractivity contribution in [2.75, 3.05) is 0 Å². The summed E-state index contributed by atoms with van der Waals surface area (Å²) in [7, 11) is 0. The molecular weight excluding hydrogens is 202 g/mol. The average Bonchev–Trinajstić information content (AvgIpc) is 2.14. The molecule has 0 heterocycles. The molecule has 0 spiro atoms. The Balaban J connectivity index is 2.87. The molecule has 3 heteroatoms. The third-order valence-electron chi connectivity index (χ3n) is 2.95. The van der Waals surface area contributed by atoms with E-state index in [0.717, 1.165) is 6.42 Å². The Morgan fingerprint density at radius 3 is 2.62 bits per heavy atom. The number of allylic oxidation sites excluding steroid dienone is 2. The van der Waals surface area contributed by atoms with E-state index in [1.807, 2.05) is 27.7 Å². The van der Waals surface area contributed by atoms with Gasteiger partial charge in [-0.1, -0.05) is 20.8 Å². The van der Waals surface area contributed by atoms with Gasteiger partial charge < -0.3 is 5.11 Å². The van der Waals surface area contributed by atoms with Crippen LogP contribution in [-0.4, -0.2) is 23.1 Å². The van der Waals surface area contributed by atoms with E-state index >= 15 is 0 Å². The van der Waals surface area contributed by atoms with Gasteiger partial charge in [-0.05, 0) is 18.8 Å². The van der Waals surface area contributed by atoms with Crippen molar-refractivity contribution in [2.45, 2.75) is 53.0 Å². The standard InChI is InChI=1S/C13H21NO2/c1-5-9(2)14-8-10-11(15)6-13(3,4)7-12(10)16/h8-9,15H,5-7H2,1-4H3/t9-/m0/s1. The van der Waals surface area contributed by atoms with Crippen molar-refractivity contribution in [1.82, 2.24) is 0 Å². The van der Waals surface area contributed by atoms with Crippen LogP contribution in [0.3, 0.4) is 0 Å². The van der Waals surface area contributed by atoms with Crippen LogP contribution in [0.2, 0.25) is 0 Å². The zero-order valence-electron chi connectivity index (χ0n) is 10.6. The van der Waals surface area contributed by atoms with E-state index in [2.05, 4.69) is 4.99 Å². The fourth-order valence-electron chi connectivity index (χ4n) is 1.76. The second-order valence-electron chi connectivity index (χ2n) is 5.34. The average molecular weight is 223 g/mol. The Kier molecular flexibility index (Phi) is 3.89. The lowest BCUT2D eigenvalue weighted by molar-refractivity contribution is -0.117. The van der Waals surface area contributed by atoms with Crippen molar-refractivity contribution in [3.63, 3.8) is 0 Å². The highest BCUT2D eigenvalue weighted by atomic mass is 16.3. The highest BCUT2D eigenvalue weighted by Crippen LogP contribution is 2.35. The molecule has 0 fully saturated rings. The number of carbonyl (C=O) groups is 1. The summed E-state index contributed by atoms with van der Waals surface area (Å²) < 4.78 is 0. The van der Waals surface area contributed by atoms with E-state index in [-0.39, 0.29) is 23.0 Å². The molecule has 90 valence electrons. The van der Waals surface area contributed by atoms with Crippen LogP contribution in [0.25, 0.3) is 0 Å². The molecule has 0 aromatic heterocycles. The molecule has 0 amide bonds. The predicted octanol–water partition coefficient (Wildman–Crippen LogP) is 3.06. The molecule has 1 aliphatic rings. The highest BCUT2D eigenvalue weighted by Gasteiger charge is 2.32. The summed E-state index contributed by atoms with van der Waals surface area (Å²) in [4.78, 5) is 16.1. The van der Waals surface area contributed by atoms with Gasteiger partial charge >= 0.3 is 0 Å². The molecular formula is C13H21NO2. The summed E-state index contributed by atoms with van der Waals surface area (Å²) in [6.07, 6.45) is 3.52. The van der Waals surface area contributed by atoms with Gasteiger partial charge in [0.05, 0.1) is 5.57 Å². The Morgan fingerprint density at radius 2 is 2.12 bits per heavy atom. The first-order valence-corrected chi connectivity index (χ1v) is 5.84. The second-order valence-corrected chi connectivity index (χ2v) is 5.34. The summed E-state index contributed by atoms with van der Waals surface area (Å²) in [6, 6.07) is 0.197. The minimum absolute atomic E-state index is 0.000744. The van der Waals surface area contributed by atoms with Gasteiger partial charge in [-0.2, -0.15) is 0 Å². The number of ketones is 1. The van der Waals surface area contributed by atoms with Crippen LogP contribution in [-0.2, 0) is 4.79 Å². The lowest BCUT2D eigenvalue weighted by atomic mass is 9.77. The number of hydrogen-bond donors (Lipinski definition) is 1. The number of aliphatic imine (C=N–C) groups is 1. The first kappa shape index (κ1) is 12.9. The highest BCUT2D eigenvalue weighted by molar-refractivity contribution is 6.14. The number of hydrogen-bond acceptors (Lipinski definition) is 3. The van der Waals surface area contributed by atoms with Crippen molar-refractivity contribution in [2.24, 2.45) is 10.4 Å². The number of Topliss-reactive ketones (excluding diaryl/α,β-unsaturated/α-hetero) is 1. The van der Waals surface area contributed by atoms with Crippen LogP contribution < -0.4 is 0 Å². The van der Waals surface area contributed by atoms with Crippen LogP contribution in [0.5, 0.6) is 0 Å².